The molecule has 1 saturated heterocycles. The Hall–Kier alpha value is -0.0400. The van der Waals surface area contributed by atoms with E-state index in [0.29, 0.717) is 5.54 Å². The largest absolute Gasteiger partial charge is 0.311 e. The Morgan fingerprint density at radius 2 is 1.79 bits per heavy atom. The van der Waals surface area contributed by atoms with E-state index in [1.807, 2.05) is 0 Å². The predicted octanol–water partition coefficient (Wildman–Crippen LogP) is 2.95. The highest BCUT2D eigenvalue weighted by Crippen LogP contribution is 2.50. The second-order valence-corrected chi connectivity index (χ2v) is 5.94. The summed E-state index contributed by atoms with van der Waals surface area (Å²) in [5, 5.41) is 3.88. The second kappa shape index (κ2) is 3.23. The zero-order valence-electron chi connectivity index (χ0n) is 9.39. The summed E-state index contributed by atoms with van der Waals surface area (Å²) in [6, 6.07) is 0. The Kier molecular flexibility index (Phi) is 2.12. The van der Waals surface area contributed by atoms with Crippen LogP contribution in [0.4, 0.5) is 0 Å². The van der Waals surface area contributed by atoms with Crippen molar-refractivity contribution in [2.24, 2.45) is 17.8 Å². The first-order valence-electron chi connectivity index (χ1n) is 6.56. The Morgan fingerprint density at radius 3 is 2.71 bits per heavy atom. The third-order valence-electron chi connectivity index (χ3n) is 5.38. The first-order valence-corrected chi connectivity index (χ1v) is 6.56. The first kappa shape index (κ1) is 9.21. The van der Waals surface area contributed by atoms with Crippen molar-refractivity contribution in [3.8, 4) is 0 Å². The van der Waals surface area contributed by atoms with Gasteiger partial charge in [0.2, 0.25) is 0 Å². The van der Waals surface area contributed by atoms with Crippen molar-refractivity contribution < 1.29 is 0 Å². The molecule has 4 bridgehead atoms. The monoisotopic (exact) mass is 193 g/mol. The molecular weight excluding hydrogens is 170 g/mol. The minimum absolute atomic E-state index is 0.531. The molecule has 1 heteroatoms. The van der Waals surface area contributed by atoms with Crippen molar-refractivity contribution in [2.45, 2.75) is 57.4 Å². The molecule has 4 unspecified atom stereocenters. The molecule has 0 aromatic heterocycles. The molecule has 1 aliphatic heterocycles. The van der Waals surface area contributed by atoms with E-state index in [4.69, 9.17) is 0 Å². The van der Waals surface area contributed by atoms with Gasteiger partial charge in [-0.15, -0.1) is 0 Å². The van der Waals surface area contributed by atoms with Crippen LogP contribution in [0.25, 0.3) is 0 Å². The third kappa shape index (κ3) is 1.18. The van der Waals surface area contributed by atoms with Crippen molar-refractivity contribution >= 4 is 0 Å². The Bertz CT molecular complexity index is 225. The van der Waals surface area contributed by atoms with Crippen molar-refractivity contribution in [1.82, 2.24) is 5.32 Å². The molecule has 4 atom stereocenters. The van der Waals surface area contributed by atoms with Crippen LogP contribution in [0.5, 0.6) is 0 Å². The van der Waals surface area contributed by atoms with Gasteiger partial charge in [-0.3, -0.25) is 0 Å². The summed E-state index contributed by atoms with van der Waals surface area (Å²) >= 11 is 0. The quantitative estimate of drug-likeness (QED) is 0.623. The van der Waals surface area contributed by atoms with E-state index in [0.717, 1.165) is 17.8 Å². The fourth-order valence-corrected chi connectivity index (χ4v) is 4.53. The molecule has 3 rings (SSSR count). The number of rotatable bonds is 0. The van der Waals surface area contributed by atoms with Gasteiger partial charge in [0.25, 0.3) is 0 Å². The second-order valence-electron chi connectivity index (χ2n) is 5.94. The molecule has 1 heterocycles. The molecule has 3 fully saturated rings. The number of hydrogen-bond donors (Lipinski definition) is 1. The van der Waals surface area contributed by atoms with Crippen LogP contribution in [0.3, 0.4) is 0 Å². The molecule has 0 amide bonds. The van der Waals surface area contributed by atoms with Gasteiger partial charge in [0, 0.05) is 5.54 Å². The minimum Gasteiger partial charge on any atom is -0.311 e. The predicted molar refractivity (Wildman–Crippen MR) is 59.2 cm³/mol. The van der Waals surface area contributed by atoms with E-state index in [1.54, 1.807) is 0 Å². The lowest BCUT2D eigenvalue weighted by molar-refractivity contribution is 0.0892. The van der Waals surface area contributed by atoms with Crippen LogP contribution in [0.1, 0.15) is 51.9 Å². The van der Waals surface area contributed by atoms with Gasteiger partial charge in [-0.1, -0.05) is 19.3 Å². The SMILES string of the molecule is CC12NCC3CCCCC1CCCC32. The van der Waals surface area contributed by atoms with E-state index in [-0.39, 0.29) is 0 Å². The maximum absolute atomic E-state index is 3.88. The maximum Gasteiger partial charge on any atom is 0.0212 e. The molecule has 14 heavy (non-hydrogen) atoms. The lowest BCUT2D eigenvalue weighted by atomic mass is 9.62. The molecule has 0 aromatic rings. The van der Waals surface area contributed by atoms with Gasteiger partial charge in [-0.25, -0.2) is 0 Å². The fourth-order valence-electron chi connectivity index (χ4n) is 4.53. The standard InChI is InChI=1S/C13H23N/c1-13-11-6-3-2-5-10(9-14-13)12(13)8-4-7-11/h10-12,14H,2-9H2,1H3. The van der Waals surface area contributed by atoms with Crippen LogP contribution >= 0.6 is 0 Å². The first-order chi connectivity index (χ1) is 6.81. The smallest absolute Gasteiger partial charge is 0.0212 e. The van der Waals surface area contributed by atoms with Crippen molar-refractivity contribution in [1.29, 1.82) is 0 Å². The van der Waals surface area contributed by atoms with Crippen LogP contribution in [0, 0.1) is 17.8 Å². The third-order valence-corrected chi connectivity index (χ3v) is 5.38. The molecule has 2 saturated carbocycles. The molecule has 1 N–H and O–H groups in total. The van der Waals surface area contributed by atoms with Gasteiger partial charge in [-0.2, -0.15) is 0 Å². The summed E-state index contributed by atoms with van der Waals surface area (Å²) in [5.41, 5.74) is 0.531. The van der Waals surface area contributed by atoms with E-state index in [9.17, 15) is 0 Å². The summed E-state index contributed by atoms with van der Waals surface area (Å²) in [6.07, 6.45) is 10.5. The Labute approximate surface area is 87.7 Å². The van der Waals surface area contributed by atoms with Gasteiger partial charge in [-0.05, 0) is 56.9 Å². The van der Waals surface area contributed by atoms with Gasteiger partial charge >= 0.3 is 0 Å². The molecule has 0 aromatic carbocycles. The average Bonchev–Trinajstić information content (AvgIpc) is 2.56. The van der Waals surface area contributed by atoms with Gasteiger partial charge in [0.1, 0.15) is 0 Å². The van der Waals surface area contributed by atoms with Crippen LogP contribution < -0.4 is 5.32 Å². The normalized spacial score (nSPS) is 52.5. The molecular formula is C13H23N. The van der Waals surface area contributed by atoms with Gasteiger partial charge in [0.05, 0.1) is 0 Å². The van der Waals surface area contributed by atoms with Crippen LogP contribution in [-0.4, -0.2) is 12.1 Å². The highest BCUT2D eigenvalue weighted by Gasteiger charge is 2.51. The minimum atomic E-state index is 0.531. The van der Waals surface area contributed by atoms with Crippen LogP contribution in [0.2, 0.25) is 0 Å². The zero-order valence-corrected chi connectivity index (χ0v) is 9.39. The molecule has 1 nitrogen and oxygen atoms in total. The summed E-state index contributed by atoms with van der Waals surface area (Å²) in [6.45, 7) is 3.84. The maximum atomic E-state index is 3.88. The summed E-state index contributed by atoms with van der Waals surface area (Å²) in [5.74, 6) is 3.02. The number of hydrogen-bond acceptors (Lipinski definition) is 1. The van der Waals surface area contributed by atoms with Crippen LogP contribution in [-0.2, 0) is 0 Å². The lowest BCUT2D eigenvalue weighted by Gasteiger charge is -2.46. The topological polar surface area (TPSA) is 12.0 Å². The van der Waals surface area contributed by atoms with E-state index in [1.165, 1.54) is 51.5 Å². The number of nitrogens with one attached hydrogen (secondary N) is 1. The highest BCUT2D eigenvalue weighted by molar-refractivity contribution is 5.07. The van der Waals surface area contributed by atoms with E-state index < -0.39 is 0 Å². The van der Waals surface area contributed by atoms with E-state index in [2.05, 4.69) is 12.2 Å². The van der Waals surface area contributed by atoms with E-state index >= 15 is 0 Å². The molecule has 0 radical (unpaired) electrons. The summed E-state index contributed by atoms with van der Waals surface area (Å²) < 4.78 is 0. The van der Waals surface area contributed by atoms with Gasteiger partial charge in [0.15, 0.2) is 0 Å². The zero-order chi connectivity index (χ0) is 9.60. The lowest BCUT2D eigenvalue weighted by Crippen LogP contribution is -2.51. The molecule has 3 aliphatic rings. The van der Waals surface area contributed by atoms with Gasteiger partial charge < -0.3 is 5.32 Å². The Morgan fingerprint density at radius 1 is 1.00 bits per heavy atom. The highest BCUT2D eigenvalue weighted by atomic mass is 15.0. The average molecular weight is 193 g/mol. The molecule has 80 valence electrons. The van der Waals surface area contributed by atoms with Crippen molar-refractivity contribution in [2.75, 3.05) is 6.54 Å². The Balaban J connectivity index is 1.92. The fraction of sp³-hybridized carbons (Fsp3) is 1.00. The molecule has 2 aliphatic carbocycles. The summed E-state index contributed by atoms with van der Waals surface area (Å²) in [4.78, 5) is 0. The van der Waals surface area contributed by atoms with Crippen molar-refractivity contribution in [3.63, 3.8) is 0 Å². The van der Waals surface area contributed by atoms with Crippen molar-refractivity contribution in [3.05, 3.63) is 0 Å². The molecule has 0 spiro atoms. The summed E-state index contributed by atoms with van der Waals surface area (Å²) in [7, 11) is 0. The van der Waals surface area contributed by atoms with Crippen LogP contribution in [0.15, 0.2) is 0 Å².